The molecule has 3 N–H and O–H groups in total. The number of nitrogen functional groups attached to an aromatic ring is 1. The number of anilines is 2. The molecule has 0 saturated heterocycles. The van der Waals surface area contributed by atoms with Crippen LogP contribution in [-0.4, -0.2) is 20.3 Å². The Balaban J connectivity index is 1.92. The van der Waals surface area contributed by atoms with E-state index in [0.717, 1.165) is 25.3 Å². The molecule has 1 fully saturated rings. The highest BCUT2D eigenvalue weighted by molar-refractivity contribution is 6.33. The molecule has 0 aromatic heterocycles. The van der Waals surface area contributed by atoms with Crippen LogP contribution in [0.1, 0.15) is 19.3 Å². The van der Waals surface area contributed by atoms with E-state index >= 15 is 0 Å². The summed E-state index contributed by atoms with van der Waals surface area (Å²) in [7, 11) is 1.75. The maximum atomic E-state index is 5.98. The molecule has 1 saturated carbocycles. The molecule has 0 heterocycles. The van der Waals surface area contributed by atoms with Crippen LogP contribution in [0.4, 0.5) is 11.4 Å². The van der Waals surface area contributed by atoms with Crippen LogP contribution in [0, 0.1) is 5.41 Å². The van der Waals surface area contributed by atoms with Crippen molar-refractivity contribution in [2.75, 3.05) is 31.3 Å². The fraction of sp³-hybridized carbons (Fsp3) is 0.538. The smallest absolute Gasteiger partial charge is 0.0739 e. The van der Waals surface area contributed by atoms with E-state index in [1.807, 2.05) is 12.1 Å². The van der Waals surface area contributed by atoms with Gasteiger partial charge in [0.15, 0.2) is 0 Å². The van der Waals surface area contributed by atoms with Gasteiger partial charge >= 0.3 is 0 Å². The van der Waals surface area contributed by atoms with Crippen LogP contribution in [0.3, 0.4) is 0 Å². The number of para-hydroxylation sites is 1. The average molecular weight is 255 g/mol. The predicted octanol–water partition coefficient (Wildman–Crippen LogP) is 3.15. The van der Waals surface area contributed by atoms with Crippen molar-refractivity contribution in [1.29, 1.82) is 0 Å². The van der Waals surface area contributed by atoms with Crippen LogP contribution in [0.25, 0.3) is 0 Å². The molecular weight excluding hydrogens is 236 g/mol. The van der Waals surface area contributed by atoms with Gasteiger partial charge in [0.05, 0.1) is 16.4 Å². The molecule has 1 aliphatic rings. The van der Waals surface area contributed by atoms with Crippen LogP contribution in [0.15, 0.2) is 18.2 Å². The lowest BCUT2D eigenvalue weighted by Gasteiger charge is -2.17. The summed E-state index contributed by atoms with van der Waals surface area (Å²) < 4.78 is 5.14. The molecule has 0 amide bonds. The highest BCUT2D eigenvalue weighted by atomic mass is 35.5. The second-order valence-corrected chi connectivity index (χ2v) is 5.20. The summed E-state index contributed by atoms with van der Waals surface area (Å²) in [6.45, 7) is 1.77. The lowest BCUT2D eigenvalue weighted by molar-refractivity contribution is 0.175. The second-order valence-electron chi connectivity index (χ2n) is 4.80. The Hall–Kier alpha value is -0.930. The number of nitrogens with one attached hydrogen (secondary N) is 1. The lowest BCUT2D eigenvalue weighted by Crippen LogP contribution is -2.17. The standard InChI is InChI=1S/C13H19ClN2O/c1-17-8-7-13(5-6-13)9-16-11-4-2-3-10(14)12(11)15/h2-4,16H,5-9,15H2,1H3. The number of benzene rings is 1. The Morgan fingerprint density at radius 1 is 1.47 bits per heavy atom. The maximum absolute atomic E-state index is 5.98. The van der Waals surface area contributed by atoms with Crippen LogP contribution in [-0.2, 0) is 4.74 Å². The molecule has 0 unspecified atom stereocenters. The monoisotopic (exact) mass is 254 g/mol. The molecule has 1 aromatic rings. The van der Waals surface area contributed by atoms with Crippen molar-refractivity contribution < 1.29 is 4.74 Å². The third kappa shape index (κ3) is 3.05. The first kappa shape index (κ1) is 12.5. The molecular formula is C13H19ClN2O. The van der Waals surface area contributed by atoms with E-state index in [0.29, 0.717) is 16.1 Å². The fourth-order valence-electron chi connectivity index (χ4n) is 1.98. The highest BCUT2D eigenvalue weighted by Gasteiger charge is 2.41. The van der Waals surface area contributed by atoms with E-state index in [4.69, 9.17) is 22.1 Å². The average Bonchev–Trinajstić information content (AvgIpc) is 3.09. The van der Waals surface area contributed by atoms with Gasteiger partial charge in [0.25, 0.3) is 0 Å². The van der Waals surface area contributed by atoms with Gasteiger partial charge in [-0.2, -0.15) is 0 Å². The molecule has 0 radical (unpaired) electrons. The summed E-state index contributed by atoms with van der Waals surface area (Å²) in [6.07, 6.45) is 3.64. The maximum Gasteiger partial charge on any atom is 0.0739 e. The first-order valence-electron chi connectivity index (χ1n) is 5.94. The first-order valence-corrected chi connectivity index (χ1v) is 6.31. The summed E-state index contributed by atoms with van der Waals surface area (Å²) in [5.74, 6) is 0. The Kier molecular flexibility index (Phi) is 3.79. The molecule has 94 valence electrons. The quantitative estimate of drug-likeness (QED) is 0.767. The topological polar surface area (TPSA) is 47.3 Å². The van der Waals surface area contributed by atoms with Gasteiger partial charge in [-0.3, -0.25) is 0 Å². The van der Waals surface area contributed by atoms with Gasteiger partial charge in [0, 0.05) is 20.3 Å². The zero-order chi connectivity index (χ0) is 12.3. The van der Waals surface area contributed by atoms with Crippen molar-refractivity contribution in [1.82, 2.24) is 0 Å². The van der Waals surface area contributed by atoms with Gasteiger partial charge in [0.1, 0.15) is 0 Å². The molecule has 17 heavy (non-hydrogen) atoms. The second kappa shape index (κ2) is 5.15. The Labute approximate surface area is 107 Å². The number of rotatable bonds is 6. The van der Waals surface area contributed by atoms with Crippen molar-refractivity contribution in [2.45, 2.75) is 19.3 Å². The van der Waals surface area contributed by atoms with E-state index in [-0.39, 0.29) is 0 Å². The zero-order valence-electron chi connectivity index (χ0n) is 10.1. The number of hydrogen-bond donors (Lipinski definition) is 2. The van der Waals surface area contributed by atoms with Gasteiger partial charge in [-0.15, -0.1) is 0 Å². The molecule has 1 aliphatic carbocycles. The molecule has 4 heteroatoms. The van der Waals surface area contributed by atoms with Gasteiger partial charge in [0.2, 0.25) is 0 Å². The van der Waals surface area contributed by atoms with Crippen LogP contribution in [0.5, 0.6) is 0 Å². The summed E-state index contributed by atoms with van der Waals surface area (Å²) in [5.41, 5.74) is 7.89. The van der Waals surface area contributed by atoms with Gasteiger partial charge < -0.3 is 15.8 Å². The molecule has 3 nitrogen and oxygen atoms in total. The normalized spacial score (nSPS) is 16.8. The first-order chi connectivity index (χ1) is 8.17. The molecule has 0 aliphatic heterocycles. The number of ether oxygens (including phenoxy) is 1. The molecule has 2 rings (SSSR count). The molecule has 0 atom stereocenters. The molecule has 0 spiro atoms. The van der Waals surface area contributed by atoms with Crippen molar-refractivity contribution in [3.8, 4) is 0 Å². The highest BCUT2D eigenvalue weighted by Crippen LogP contribution is 2.49. The minimum Gasteiger partial charge on any atom is -0.396 e. The van der Waals surface area contributed by atoms with Crippen molar-refractivity contribution >= 4 is 23.0 Å². The minimum atomic E-state index is 0.408. The SMILES string of the molecule is COCCC1(CNc2cccc(Cl)c2N)CC1. The minimum absolute atomic E-state index is 0.408. The van der Waals surface area contributed by atoms with E-state index in [9.17, 15) is 0 Å². The summed E-state index contributed by atoms with van der Waals surface area (Å²) in [4.78, 5) is 0. The summed E-state index contributed by atoms with van der Waals surface area (Å²) >= 11 is 5.98. The van der Waals surface area contributed by atoms with Crippen molar-refractivity contribution in [3.05, 3.63) is 23.2 Å². The largest absolute Gasteiger partial charge is 0.396 e. The summed E-state index contributed by atoms with van der Waals surface area (Å²) in [5, 5.41) is 4.01. The van der Waals surface area contributed by atoms with Gasteiger partial charge in [-0.25, -0.2) is 0 Å². The Bertz CT molecular complexity index is 391. The predicted molar refractivity (Wildman–Crippen MR) is 72.5 cm³/mol. The number of nitrogens with two attached hydrogens (primary N) is 1. The summed E-state index contributed by atoms with van der Waals surface area (Å²) in [6, 6.07) is 5.68. The van der Waals surface area contributed by atoms with Crippen molar-refractivity contribution in [2.24, 2.45) is 5.41 Å². The third-order valence-electron chi connectivity index (χ3n) is 3.50. The van der Waals surface area contributed by atoms with Gasteiger partial charge in [-0.05, 0) is 36.8 Å². The Morgan fingerprint density at radius 2 is 2.24 bits per heavy atom. The fourth-order valence-corrected chi connectivity index (χ4v) is 2.16. The lowest BCUT2D eigenvalue weighted by atomic mass is 10.0. The number of methoxy groups -OCH3 is 1. The Morgan fingerprint density at radius 3 is 2.88 bits per heavy atom. The number of hydrogen-bond acceptors (Lipinski definition) is 3. The van der Waals surface area contributed by atoms with Gasteiger partial charge in [-0.1, -0.05) is 17.7 Å². The zero-order valence-corrected chi connectivity index (χ0v) is 10.9. The van der Waals surface area contributed by atoms with E-state index in [2.05, 4.69) is 5.32 Å². The van der Waals surface area contributed by atoms with E-state index in [1.54, 1.807) is 13.2 Å². The molecule has 1 aromatic carbocycles. The van der Waals surface area contributed by atoms with E-state index < -0.39 is 0 Å². The third-order valence-corrected chi connectivity index (χ3v) is 3.83. The van der Waals surface area contributed by atoms with Crippen LogP contribution < -0.4 is 11.1 Å². The van der Waals surface area contributed by atoms with Crippen LogP contribution in [0.2, 0.25) is 5.02 Å². The molecule has 0 bridgehead atoms. The van der Waals surface area contributed by atoms with Crippen LogP contribution >= 0.6 is 11.6 Å². The van der Waals surface area contributed by atoms with E-state index in [1.165, 1.54) is 12.8 Å². The number of halogens is 1. The van der Waals surface area contributed by atoms with Crippen molar-refractivity contribution in [3.63, 3.8) is 0 Å².